The zero-order valence-electron chi connectivity index (χ0n) is 7.33. The SMILES string of the molecule is CCCC(C)CS(=O)(=O)[O-].[Na+]. The molecule has 0 amide bonds. The molecule has 0 aromatic rings. The molecule has 0 saturated carbocycles. The largest absolute Gasteiger partial charge is 1.00 e. The molecule has 62 valence electrons. The quantitative estimate of drug-likeness (QED) is 0.378. The molecule has 0 saturated heterocycles. The molecule has 0 heterocycles. The van der Waals surface area contributed by atoms with Crippen molar-refractivity contribution >= 4 is 10.1 Å². The van der Waals surface area contributed by atoms with Crippen LogP contribution < -0.4 is 29.6 Å². The monoisotopic (exact) mass is 188 g/mol. The van der Waals surface area contributed by atoms with Gasteiger partial charge in [-0.15, -0.1) is 0 Å². The summed E-state index contributed by atoms with van der Waals surface area (Å²) in [5.41, 5.74) is 0. The van der Waals surface area contributed by atoms with Crippen LogP contribution in [-0.2, 0) is 10.1 Å². The Labute approximate surface area is 90.6 Å². The Bertz CT molecular complexity index is 176. The van der Waals surface area contributed by atoms with Gasteiger partial charge in [0.15, 0.2) is 0 Å². The maximum absolute atomic E-state index is 10.2. The Morgan fingerprint density at radius 1 is 1.45 bits per heavy atom. The maximum atomic E-state index is 10.2. The van der Waals surface area contributed by atoms with Crippen LogP contribution in [-0.4, -0.2) is 18.7 Å². The summed E-state index contributed by atoms with van der Waals surface area (Å²) in [6, 6.07) is 0. The van der Waals surface area contributed by atoms with Gasteiger partial charge in [0.2, 0.25) is 0 Å². The van der Waals surface area contributed by atoms with Gasteiger partial charge in [0.25, 0.3) is 0 Å². The average molecular weight is 188 g/mol. The molecule has 11 heavy (non-hydrogen) atoms. The predicted molar refractivity (Wildman–Crippen MR) is 38.6 cm³/mol. The standard InChI is InChI=1S/C6H14O3S.Na/c1-3-4-6(2)5-10(7,8)9;/h6H,3-5H2,1-2H3,(H,7,8,9);/q;+1/p-1. The minimum Gasteiger partial charge on any atom is -0.748 e. The van der Waals surface area contributed by atoms with E-state index in [1.54, 1.807) is 6.92 Å². The Kier molecular flexibility index (Phi) is 8.44. The fourth-order valence-electron chi connectivity index (χ4n) is 0.925. The van der Waals surface area contributed by atoms with Crippen LogP contribution in [0.15, 0.2) is 0 Å². The summed E-state index contributed by atoms with van der Waals surface area (Å²) in [6.07, 6.45) is 1.73. The molecule has 0 bridgehead atoms. The van der Waals surface area contributed by atoms with Crippen molar-refractivity contribution in [3.63, 3.8) is 0 Å². The molecule has 5 heteroatoms. The van der Waals surface area contributed by atoms with Crippen LogP contribution in [0.4, 0.5) is 0 Å². The van der Waals surface area contributed by atoms with Crippen molar-refractivity contribution in [2.24, 2.45) is 5.92 Å². The first-order valence-electron chi connectivity index (χ1n) is 3.39. The second-order valence-corrected chi connectivity index (χ2v) is 4.07. The third-order valence-electron chi connectivity index (χ3n) is 1.27. The maximum Gasteiger partial charge on any atom is 1.00 e. The first-order valence-corrected chi connectivity index (χ1v) is 4.97. The molecule has 0 fully saturated rings. The van der Waals surface area contributed by atoms with E-state index in [1.807, 2.05) is 6.92 Å². The fraction of sp³-hybridized carbons (Fsp3) is 1.00. The molecule has 1 atom stereocenters. The van der Waals surface area contributed by atoms with Crippen LogP contribution >= 0.6 is 0 Å². The van der Waals surface area contributed by atoms with Crippen LogP contribution in [0.5, 0.6) is 0 Å². The summed E-state index contributed by atoms with van der Waals surface area (Å²) in [5, 5.41) is 0. The summed E-state index contributed by atoms with van der Waals surface area (Å²) >= 11 is 0. The second-order valence-electron chi connectivity index (χ2n) is 2.62. The molecule has 0 radical (unpaired) electrons. The smallest absolute Gasteiger partial charge is 0.748 e. The van der Waals surface area contributed by atoms with E-state index in [2.05, 4.69) is 0 Å². The van der Waals surface area contributed by atoms with Gasteiger partial charge in [0.1, 0.15) is 0 Å². The Balaban J connectivity index is 0. The number of hydrogen-bond acceptors (Lipinski definition) is 3. The molecule has 0 aliphatic carbocycles. The molecule has 0 aliphatic heterocycles. The molecule has 3 nitrogen and oxygen atoms in total. The van der Waals surface area contributed by atoms with Crippen LogP contribution in [0.25, 0.3) is 0 Å². The van der Waals surface area contributed by atoms with Crippen molar-refractivity contribution in [1.29, 1.82) is 0 Å². The summed E-state index contributed by atoms with van der Waals surface area (Å²) in [6.45, 7) is 3.74. The Morgan fingerprint density at radius 3 is 2.18 bits per heavy atom. The van der Waals surface area contributed by atoms with Crippen molar-refractivity contribution in [1.82, 2.24) is 0 Å². The van der Waals surface area contributed by atoms with Crippen molar-refractivity contribution in [2.45, 2.75) is 26.7 Å². The molecule has 0 aromatic carbocycles. The Morgan fingerprint density at radius 2 is 1.91 bits per heavy atom. The van der Waals surface area contributed by atoms with E-state index < -0.39 is 10.1 Å². The fourth-order valence-corrected chi connectivity index (χ4v) is 1.79. The molecule has 0 N–H and O–H groups in total. The summed E-state index contributed by atoms with van der Waals surface area (Å²) < 4.78 is 30.5. The van der Waals surface area contributed by atoms with E-state index in [9.17, 15) is 13.0 Å². The van der Waals surface area contributed by atoms with E-state index in [4.69, 9.17) is 0 Å². The van der Waals surface area contributed by atoms with E-state index in [0.717, 1.165) is 12.8 Å². The second kappa shape index (κ2) is 6.43. The molecule has 0 aliphatic rings. The van der Waals surface area contributed by atoms with Crippen LogP contribution in [0.2, 0.25) is 0 Å². The molecule has 0 aromatic heterocycles. The summed E-state index contributed by atoms with van der Waals surface area (Å²) in [5.74, 6) is -0.214. The zero-order valence-corrected chi connectivity index (χ0v) is 10.1. The zero-order chi connectivity index (χ0) is 8.20. The molecular formula is C6H13NaO3S. The van der Waals surface area contributed by atoms with Gasteiger partial charge in [-0.05, 0) is 5.92 Å². The number of hydrogen-bond donors (Lipinski definition) is 0. The van der Waals surface area contributed by atoms with E-state index in [-0.39, 0.29) is 41.2 Å². The van der Waals surface area contributed by atoms with Gasteiger partial charge in [-0.1, -0.05) is 26.7 Å². The molecular weight excluding hydrogens is 175 g/mol. The van der Waals surface area contributed by atoms with Crippen molar-refractivity contribution in [3.05, 3.63) is 0 Å². The predicted octanol–water partition coefficient (Wildman–Crippen LogP) is -2.03. The number of rotatable bonds is 4. The normalized spacial score (nSPS) is 13.7. The first-order chi connectivity index (χ1) is 4.45. The molecule has 1 unspecified atom stereocenters. The molecule has 0 spiro atoms. The minimum atomic E-state index is -4.00. The van der Waals surface area contributed by atoms with Crippen LogP contribution in [0.3, 0.4) is 0 Å². The van der Waals surface area contributed by atoms with E-state index >= 15 is 0 Å². The first kappa shape index (κ1) is 14.4. The van der Waals surface area contributed by atoms with E-state index in [1.165, 1.54) is 0 Å². The van der Waals surface area contributed by atoms with Crippen molar-refractivity contribution in [2.75, 3.05) is 5.75 Å². The third kappa shape index (κ3) is 10.9. The third-order valence-corrected chi connectivity index (χ3v) is 2.25. The van der Waals surface area contributed by atoms with Gasteiger partial charge < -0.3 is 4.55 Å². The topological polar surface area (TPSA) is 57.2 Å². The van der Waals surface area contributed by atoms with Gasteiger partial charge in [-0.25, -0.2) is 8.42 Å². The van der Waals surface area contributed by atoms with Gasteiger partial charge >= 0.3 is 29.6 Å². The van der Waals surface area contributed by atoms with Crippen molar-refractivity contribution < 1.29 is 42.5 Å². The van der Waals surface area contributed by atoms with Gasteiger partial charge in [-0.2, -0.15) is 0 Å². The summed E-state index contributed by atoms with van der Waals surface area (Å²) in [7, 11) is -4.00. The van der Waals surface area contributed by atoms with Gasteiger partial charge in [-0.3, -0.25) is 0 Å². The Hall–Kier alpha value is 0.910. The molecule has 0 rings (SSSR count). The van der Waals surface area contributed by atoms with E-state index in [0.29, 0.717) is 0 Å². The van der Waals surface area contributed by atoms with Crippen molar-refractivity contribution in [3.8, 4) is 0 Å². The van der Waals surface area contributed by atoms with Crippen LogP contribution in [0, 0.1) is 5.92 Å². The van der Waals surface area contributed by atoms with Crippen LogP contribution in [0.1, 0.15) is 26.7 Å². The van der Waals surface area contributed by atoms with Gasteiger partial charge in [0, 0.05) is 5.75 Å². The summed E-state index contributed by atoms with van der Waals surface area (Å²) in [4.78, 5) is 0. The minimum absolute atomic E-state index is 0. The average Bonchev–Trinajstić information content (AvgIpc) is 1.59. The van der Waals surface area contributed by atoms with Gasteiger partial charge in [0.05, 0.1) is 10.1 Å².